The average molecular weight is 555 g/mol. The van der Waals surface area contributed by atoms with Gasteiger partial charge < -0.3 is 19.9 Å². The molecule has 208 valence electrons. The van der Waals surface area contributed by atoms with Gasteiger partial charge in [0.05, 0.1) is 27.5 Å². The van der Waals surface area contributed by atoms with Gasteiger partial charge in [0.1, 0.15) is 23.3 Å². The van der Waals surface area contributed by atoms with Crippen molar-refractivity contribution in [1.29, 1.82) is 0 Å². The molecule has 2 atom stereocenters. The Morgan fingerprint density at radius 2 is 1.90 bits per heavy atom. The van der Waals surface area contributed by atoms with E-state index in [4.69, 9.17) is 14.5 Å². The van der Waals surface area contributed by atoms with Gasteiger partial charge in [-0.3, -0.25) is 0 Å². The van der Waals surface area contributed by atoms with Gasteiger partial charge in [0.15, 0.2) is 9.84 Å². The van der Waals surface area contributed by atoms with Gasteiger partial charge in [0.25, 0.3) is 0 Å². The van der Waals surface area contributed by atoms with E-state index in [1.807, 2.05) is 33.8 Å². The van der Waals surface area contributed by atoms with Crippen molar-refractivity contribution in [3.8, 4) is 5.88 Å². The lowest BCUT2D eigenvalue weighted by Crippen LogP contribution is -2.42. The summed E-state index contributed by atoms with van der Waals surface area (Å²) in [5, 5.41) is 15.3. The Bertz CT molecular complexity index is 1560. The Kier molecular flexibility index (Phi) is 6.58. The van der Waals surface area contributed by atoms with Crippen LogP contribution in [0.5, 0.6) is 5.88 Å². The molecule has 1 aliphatic carbocycles. The van der Waals surface area contributed by atoms with Crippen molar-refractivity contribution in [1.82, 2.24) is 15.0 Å². The molecule has 3 aromatic rings. The van der Waals surface area contributed by atoms with Crippen LogP contribution in [0.2, 0.25) is 0 Å². The highest BCUT2D eigenvalue weighted by Crippen LogP contribution is 2.39. The number of hydrogen-bond acceptors (Lipinski definition) is 10. The van der Waals surface area contributed by atoms with Gasteiger partial charge in [-0.1, -0.05) is 13.8 Å². The lowest BCUT2D eigenvalue weighted by atomic mass is 9.84. The highest BCUT2D eigenvalue weighted by atomic mass is 32.2. The number of aliphatic hydroxyl groups is 1. The number of sulfone groups is 1. The van der Waals surface area contributed by atoms with E-state index in [0.717, 1.165) is 0 Å². The summed E-state index contributed by atoms with van der Waals surface area (Å²) < 4.78 is 35.2. The molecule has 11 heteroatoms. The van der Waals surface area contributed by atoms with E-state index in [1.54, 1.807) is 31.5 Å². The molecule has 39 heavy (non-hydrogen) atoms. The molecule has 0 aromatic carbocycles. The van der Waals surface area contributed by atoms with Crippen molar-refractivity contribution < 1.29 is 27.8 Å². The number of cyclic esters (lactones) is 1. The molecule has 0 unspecified atom stereocenters. The summed E-state index contributed by atoms with van der Waals surface area (Å²) in [7, 11) is -3.10. The molecule has 5 rings (SSSR count). The highest BCUT2D eigenvalue weighted by Gasteiger charge is 2.40. The average Bonchev–Trinajstić information content (AvgIpc) is 2.83. The topological polar surface area (TPSA) is 141 Å². The maximum atomic E-state index is 12.5. The zero-order valence-corrected chi connectivity index (χ0v) is 23.8. The first-order valence-electron chi connectivity index (χ1n) is 13.1. The molecule has 10 nitrogen and oxygen atoms in total. The number of carbonyl (C=O) groups is 1. The van der Waals surface area contributed by atoms with Crippen LogP contribution in [-0.4, -0.2) is 57.7 Å². The Labute approximate surface area is 228 Å². The van der Waals surface area contributed by atoms with E-state index in [0.29, 0.717) is 64.4 Å². The number of pyridine rings is 3. The first-order chi connectivity index (χ1) is 18.2. The summed E-state index contributed by atoms with van der Waals surface area (Å²) in [5.41, 5.74) is -0.0996. The molecule has 2 N–H and O–H groups in total. The molecule has 4 heterocycles. The summed E-state index contributed by atoms with van der Waals surface area (Å²) in [4.78, 5) is 26.2. The molecule has 1 saturated carbocycles. The second-order valence-corrected chi connectivity index (χ2v) is 13.7. The third kappa shape index (κ3) is 5.05. The Morgan fingerprint density at radius 1 is 1.18 bits per heavy atom. The van der Waals surface area contributed by atoms with Crippen molar-refractivity contribution in [2.24, 2.45) is 0 Å². The molecule has 1 fully saturated rings. The number of hydrogen-bond donors (Lipinski definition) is 2. The molecular weight excluding hydrogens is 520 g/mol. The molecular formula is C28H34N4O6S. The van der Waals surface area contributed by atoms with E-state index in [1.165, 1.54) is 6.26 Å². The number of nitrogens with zero attached hydrogens (tertiary/aromatic N) is 3. The number of esters is 1. The van der Waals surface area contributed by atoms with Gasteiger partial charge in [-0.15, -0.1) is 0 Å². The quantitative estimate of drug-likeness (QED) is 0.404. The smallest absolute Gasteiger partial charge is 0.340 e. The van der Waals surface area contributed by atoms with Crippen LogP contribution in [-0.2, 0) is 20.2 Å². The minimum Gasteiger partial charge on any atom is -0.474 e. The van der Waals surface area contributed by atoms with Gasteiger partial charge in [0, 0.05) is 43.0 Å². The van der Waals surface area contributed by atoms with E-state index in [9.17, 15) is 18.3 Å². The van der Waals surface area contributed by atoms with Crippen LogP contribution >= 0.6 is 0 Å². The van der Waals surface area contributed by atoms with Crippen molar-refractivity contribution in [3.63, 3.8) is 0 Å². The monoisotopic (exact) mass is 554 g/mol. The minimum absolute atomic E-state index is 0.109. The summed E-state index contributed by atoms with van der Waals surface area (Å²) in [5.74, 6) is 0.858. The summed E-state index contributed by atoms with van der Waals surface area (Å²) in [6.07, 6.45) is 5.50. The lowest BCUT2D eigenvalue weighted by molar-refractivity contribution is -0.0189. The summed E-state index contributed by atoms with van der Waals surface area (Å²) in [6.45, 7) is 9.33. The third-order valence-corrected chi connectivity index (χ3v) is 9.74. The van der Waals surface area contributed by atoms with E-state index in [2.05, 4.69) is 15.3 Å². The molecule has 1 aliphatic heterocycles. The van der Waals surface area contributed by atoms with E-state index in [-0.39, 0.29) is 12.0 Å². The van der Waals surface area contributed by atoms with Crippen molar-refractivity contribution >= 4 is 38.2 Å². The third-order valence-electron chi connectivity index (χ3n) is 8.15. The minimum atomic E-state index is -3.10. The van der Waals surface area contributed by atoms with Gasteiger partial charge in [-0.05, 0) is 50.8 Å². The summed E-state index contributed by atoms with van der Waals surface area (Å²) in [6, 6.07) is 5.22. The number of nitrogens with one attached hydrogen (secondary N) is 1. The molecule has 0 saturated heterocycles. The second kappa shape index (κ2) is 9.41. The standard InChI is InChI=1S/C28H34N4O6S/c1-7-28(5,34)21-14-30-25(37-16-10-17(11-16)39(6,35)36)20-13-29-23(12-19(20)21)31-22-9-8-18-24(32-22)15(2)27(3,4)38-26(18)33/h8-9,12-17,34H,7,10-11H2,1-6H3,(H,29,31,32)/t15-,16?,17?,28-/m1/s1. The molecule has 3 aromatic heterocycles. The van der Waals surface area contributed by atoms with Crippen LogP contribution in [0.1, 0.15) is 81.4 Å². The van der Waals surface area contributed by atoms with Gasteiger partial charge in [-0.25, -0.2) is 28.2 Å². The Balaban J connectivity index is 1.49. The predicted molar refractivity (Wildman–Crippen MR) is 147 cm³/mol. The van der Waals surface area contributed by atoms with Gasteiger partial charge in [-0.2, -0.15) is 0 Å². The maximum absolute atomic E-state index is 12.5. The maximum Gasteiger partial charge on any atom is 0.340 e. The van der Waals surface area contributed by atoms with Crippen LogP contribution in [0.4, 0.5) is 11.6 Å². The van der Waals surface area contributed by atoms with Crippen LogP contribution in [0.25, 0.3) is 10.8 Å². The predicted octanol–water partition coefficient (Wildman–Crippen LogP) is 4.39. The first-order valence-corrected chi connectivity index (χ1v) is 15.0. The van der Waals surface area contributed by atoms with Crippen LogP contribution < -0.4 is 10.1 Å². The van der Waals surface area contributed by atoms with Crippen molar-refractivity contribution in [2.75, 3.05) is 11.6 Å². The van der Waals surface area contributed by atoms with Gasteiger partial charge in [0.2, 0.25) is 5.88 Å². The second-order valence-electron chi connectivity index (χ2n) is 11.4. The lowest BCUT2D eigenvalue weighted by Gasteiger charge is -2.36. The fourth-order valence-electron chi connectivity index (χ4n) is 4.90. The molecule has 0 bridgehead atoms. The first kappa shape index (κ1) is 27.3. The van der Waals surface area contributed by atoms with Crippen LogP contribution in [0.3, 0.4) is 0 Å². The Morgan fingerprint density at radius 3 is 2.56 bits per heavy atom. The number of carbonyl (C=O) groups excluding carboxylic acids is 1. The molecule has 0 amide bonds. The van der Waals surface area contributed by atoms with Crippen LogP contribution in [0, 0.1) is 0 Å². The molecule has 2 aliphatic rings. The fourth-order valence-corrected chi connectivity index (χ4v) is 6.03. The number of fused-ring (bicyclic) bond motifs is 2. The zero-order valence-electron chi connectivity index (χ0n) is 23.0. The van der Waals surface area contributed by atoms with E-state index >= 15 is 0 Å². The molecule has 0 spiro atoms. The SMILES string of the molecule is CC[C@@](C)(O)c1cnc(OC2CC(S(C)(=O)=O)C2)c2cnc(Nc3ccc4c(n3)[C@@H](C)C(C)(C)OC4=O)cc12. The van der Waals surface area contributed by atoms with Crippen molar-refractivity contribution in [2.45, 2.75) is 82.4 Å². The van der Waals surface area contributed by atoms with Crippen molar-refractivity contribution in [3.05, 3.63) is 47.4 Å². The number of ether oxygens (including phenoxy) is 2. The van der Waals surface area contributed by atoms with Crippen LogP contribution in [0.15, 0.2) is 30.6 Å². The Hall–Kier alpha value is -3.31. The fraction of sp³-hybridized carbons (Fsp3) is 0.500. The highest BCUT2D eigenvalue weighted by molar-refractivity contribution is 7.91. The summed E-state index contributed by atoms with van der Waals surface area (Å²) >= 11 is 0. The number of anilines is 2. The van der Waals surface area contributed by atoms with Gasteiger partial charge >= 0.3 is 5.97 Å². The normalized spacial score (nSPS) is 23.8. The molecule has 0 radical (unpaired) electrons. The zero-order chi connectivity index (χ0) is 28.3. The number of rotatable bonds is 7. The van der Waals surface area contributed by atoms with E-state index < -0.39 is 32.3 Å². The number of aromatic nitrogens is 3. The largest absolute Gasteiger partial charge is 0.474 e.